The molecule has 18 heavy (non-hydrogen) atoms. The van der Waals surface area contributed by atoms with Crippen molar-refractivity contribution in [2.24, 2.45) is 5.73 Å². The van der Waals surface area contributed by atoms with Crippen molar-refractivity contribution < 1.29 is 13.2 Å². The minimum absolute atomic E-state index is 0.404. The molecule has 0 saturated heterocycles. The number of unbranched alkanes of at least 4 members (excludes halogenated alkanes) is 1. The Kier molecular flexibility index (Phi) is 10.6. The van der Waals surface area contributed by atoms with Crippen molar-refractivity contribution in [2.75, 3.05) is 39.9 Å². The van der Waals surface area contributed by atoms with Crippen molar-refractivity contribution in [3.05, 3.63) is 0 Å². The van der Waals surface area contributed by atoms with Crippen molar-refractivity contribution in [3.63, 3.8) is 0 Å². The van der Waals surface area contributed by atoms with Gasteiger partial charge in [0.15, 0.2) is 0 Å². The molecule has 0 saturated carbocycles. The van der Waals surface area contributed by atoms with Crippen LogP contribution in [0.4, 0.5) is 0 Å². The molecule has 0 aliphatic heterocycles. The van der Waals surface area contributed by atoms with E-state index in [0.717, 1.165) is 19.4 Å². The van der Waals surface area contributed by atoms with Crippen LogP contribution in [-0.2, 0) is 14.9 Å². The molecule has 0 aromatic rings. The number of rotatable bonds is 12. The quantitative estimate of drug-likeness (QED) is 0.504. The predicted molar refractivity (Wildman–Crippen MR) is 73.6 cm³/mol. The molecule has 110 valence electrons. The molecular weight excluding hydrogens is 254 g/mol. The lowest BCUT2D eigenvalue weighted by molar-refractivity contribution is 0.129. The minimum atomic E-state index is -3.36. The smallest absolute Gasteiger partial charge is 0.279 e. The maximum Gasteiger partial charge on any atom is 0.279 e. The highest BCUT2D eigenvalue weighted by molar-refractivity contribution is 7.87. The van der Waals surface area contributed by atoms with E-state index in [1.165, 1.54) is 4.31 Å². The van der Waals surface area contributed by atoms with Crippen molar-refractivity contribution in [3.8, 4) is 0 Å². The van der Waals surface area contributed by atoms with Crippen LogP contribution in [0.25, 0.3) is 0 Å². The van der Waals surface area contributed by atoms with Gasteiger partial charge in [0.05, 0.1) is 0 Å². The van der Waals surface area contributed by atoms with Gasteiger partial charge in [-0.3, -0.25) is 0 Å². The van der Waals surface area contributed by atoms with E-state index in [0.29, 0.717) is 39.1 Å². The molecule has 0 aliphatic carbocycles. The fourth-order valence-electron chi connectivity index (χ4n) is 1.27. The molecule has 0 rings (SSSR count). The second-order valence-electron chi connectivity index (χ2n) is 4.18. The maximum atomic E-state index is 11.7. The molecule has 0 unspecified atom stereocenters. The van der Waals surface area contributed by atoms with Crippen molar-refractivity contribution >= 4 is 10.2 Å². The zero-order chi connectivity index (χ0) is 13.9. The number of nitrogens with zero attached hydrogens (tertiary/aromatic N) is 1. The van der Waals surface area contributed by atoms with Crippen LogP contribution in [0.3, 0.4) is 0 Å². The van der Waals surface area contributed by atoms with E-state index in [2.05, 4.69) is 11.6 Å². The molecule has 0 heterocycles. The molecule has 3 N–H and O–H groups in total. The summed E-state index contributed by atoms with van der Waals surface area (Å²) in [5, 5.41) is 0. The van der Waals surface area contributed by atoms with Gasteiger partial charge in [-0.25, -0.2) is 4.72 Å². The number of nitrogens with two attached hydrogens (primary N) is 1. The number of nitrogens with one attached hydrogen (secondary N) is 1. The summed E-state index contributed by atoms with van der Waals surface area (Å²) in [5.74, 6) is 0. The third-order valence-electron chi connectivity index (χ3n) is 2.48. The summed E-state index contributed by atoms with van der Waals surface area (Å²) < 4.78 is 32.6. The second-order valence-corrected chi connectivity index (χ2v) is 6.04. The molecular formula is C11H27N3O3S. The summed E-state index contributed by atoms with van der Waals surface area (Å²) in [6.45, 7) is 4.79. The van der Waals surface area contributed by atoms with E-state index >= 15 is 0 Å². The van der Waals surface area contributed by atoms with Gasteiger partial charge in [0.25, 0.3) is 10.2 Å². The molecule has 0 fully saturated rings. The average molecular weight is 281 g/mol. The molecule has 0 aromatic carbocycles. The van der Waals surface area contributed by atoms with Crippen LogP contribution in [0.2, 0.25) is 0 Å². The topological polar surface area (TPSA) is 84.7 Å². The Morgan fingerprint density at radius 3 is 2.50 bits per heavy atom. The fourth-order valence-corrected chi connectivity index (χ4v) is 2.26. The maximum absolute atomic E-state index is 11.7. The van der Waals surface area contributed by atoms with E-state index in [-0.39, 0.29) is 0 Å². The summed E-state index contributed by atoms with van der Waals surface area (Å²) in [7, 11) is -1.81. The Bertz CT molecular complexity index is 283. The molecule has 0 aromatic heterocycles. The number of hydrogen-bond donors (Lipinski definition) is 2. The van der Waals surface area contributed by atoms with Gasteiger partial charge in [-0.05, 0) is 25.8 Å². The minimum Gasteiger partial charge on any atom is -0.381 e. The average Bonchev–Trinajstić information content (AvgIpc) is 2.34. The van der Waals surface area contributed by atoms with Gasteiger partial charge in [0.1, 0.15) is 0 Å². The Balaban J connectivity index is 3.64. The SMILES string of the molecule is CCCCOCCCNS(=O)(=O)N(C)CCCN. The largest absolute Gasteiger partial charge is 0.381 e. The van der Waals surface area contributed by atoms with Crippen molar-refractivity contribution in [1.29, 1.82) is 0 Å². The molecule has 0 amide bonds. The standard InChI is InChI=1S/C11H27N3O3S/c1-3-4-10-17-11-6-8-13-18(15,16)14(2)9-5-7-12/h13H,3-12H2,1-2H3. The Morgan fingerprint density at radius 2 is 1.89 bits per heavy atom. The lowest BCUT2D eigenvalue weighted by Crippen LogP contribution is -2.39. The van der Waals surface area contributed by atoms with Crippen molar-refractivity contribution in [2.45, 2.75) is 32.6 Å². The number of ether oxygens (including phenoxy) is 1. The third kappa shape index (κ3) is 8.82. The molecule has 0 spiro atoms. The summed E-state index contributed by atoms with van der Waals surface area (Å²) in [4.78, 5) is 0. The van der Waals surface area contributed by atoms with Crippen LogP contribution in [0.5, 0.6) is 0 Å². The highest BCUT2D eigenvalue weighted by atomic mass is 32.2. The van der Waals surface area contributed by atoms with E-state index in [1.807, 2.05) is 0 Å². The second kappa shape index (κ2) is 10.7. The zero-order valence-electron chi connectivity index (χ0n) is 11.5. The Morgan fingerprint density at radius 1 is 1.22 bits per heavy atom. The van der Waals surface area contributed by atoms with E-state index in [4.69, 9.17) is 10.5 Å². The monoisotopic (exact) mass is 281 g/mol. The first-order valence-electron chi connectivity index (χ1n) is 6.53. The first-order valence-corrected chi connectivity index (χ1v) is 7.97. The molecule has 0 radical (unpaired) electrons. The fraction of sp³-hybridized carbons (Fsp3) is 1.00. The van der Waals surface area contributed by atoms with Crippen LogP contribution >= 0.6 is 0 Å². The molecule has 0 bridgehead atoms. The van der Waals surface area contributed by atoms with Gasteiger partial charge in [0, 0.05) is 33.4 Å². The normalized spacial score (nSPS) is 12.2. The summed E-state index contributed by atoms with van der Waals surface area (Å²) in [6, 6.07) is 0. The number of hydrogen-bond acceptors (Lipinski definition) is 4. The summed E-state index contributed by atoms with van der Waals surface area (Å²) >= 11 is 0. The van der Waals surface area contributed by atoms with Gasteiger partial charge in [-0.1, -0.05) is 13.3 Å². The lowest BCUT2D eigenvalue weighted by Gasteiger charge is -2.17. The predicted octanol–water partition coefficient (Wildman–Crippen LogP) is 0.308. The summed E-state index contributed by atoms with van der Waals surface area (Å²) in [6.07, 6.45) is 3.51. The third-order valence-corrected chi connectivity index (χ3v) is 4.05. The van der Waals surface area contributed by atoms with Gasteiger partial charge in [-0.2, -0.15) is 12.7 Å². The van der Waals surface area contributed by atoms with Gasteiger partial charge >= 0.3 is 0 Å². The highest BCUT2D eigenvalue weighted by Gasteiger charge is 2.15. The van der Waals surface area contributed by atoms with E-state index < -0.39 is 10.2 Å². The van der Waals surface area contributed by atoms with Crippen LogP contribution in [0, 0.1) is 0 Å². The van der Waals surface area contributed by atoms with Crippen LogP contribution < -0.4 is 10.5 Å². The molecule has 7 heteroatoms. The summed E-state index contributed by atoms with van der Waals surface area (Å²) in [5.41, 5.74) is 5.34. The lowest BCUT2D eigenvalue weighted by atomic mass is 10.4. The Labute approximate surface area is 111 Å². The zero-order valence-corrected chi connectivity index (χ0v) is 12.3. The highest BCUT2D eigenvalue weighted by Crippen LogP contribution is 1.95. The van der Waals surface area contributed by atoms with Gasteiger partial charge < -0.3 is 10.5 Å². The van der Waals surface area contributed by atoms with Gasteiger partial charge in [0.2, 0.25) is 0 Å². The van der Waals surface area contributed by atoms with Gasteiger partial charge in [-0.15, -0.1) is 0 Å². The van der Waals surface area contributed by atoms with E-state index in [1.54, 1.807) is 7.05 Å². The molecule has 0 aliphatic rings. The molecule has 0 atom stereocenters. The van der Waals surface area contributed by atoms with Crippen LogP contribution in [0.15, 0.2) is 0 Å². The van der Waals surface area contributed by atoms with E-state index in [9.17, 15) is 8.42 Å². The molecule has 6 nitrogen and oxygen atoms in total. The first kappa shape index (κ1) is 17.8. The first-order chi connectivity index (χ1) is 8.54. The Hall–Kier alpha value is -0.210. The van der Waals surface area contributed by atoms with Crippen LogP contribution in [0.1, 0.15) is 32.6 Å². The van der Waals surface area contributed by atoms with Crippen molar-refractivity contribution in [1.82, 2.24) is 9.03 Å². The van der Waals surface area contributed by atoms with Crippen LogP contribution in [-0.4, -0.2) is 52.6 Å².